The molecule has 1 heterocycles. The summed E-state index contributed by atoms with van der Waals surface area (Å²) in [5.41, 5.74) is -0.627. The lowest BCUT2D eigenvalue weighted by Crippen LogP contribution is -2.50. The molecular weight excluding hydrogens is 302 g/mol. The number of esters is 2. The van der Waals surface area contributed by atoms with Gasteiger partial charge in [0.25, 0.3) is 5.79 Å². The average molecular weight is 329 g/mol. The summed E-state index contributed by atoms with van der Waals surface area (Å²) < 4.78 is 15.4. The summed E-state index contributed by atoms with van der Waals surface area (Å²) >= 11 is 0. The minimum Gasteiger partial charge on any atom is -0.444 e. The number of cyclic esters (lactones) is 2. The molecule has 0 aliphatic carbocycles. The number of amides is 1. The second-order valence-corrected chi connectivity index (χ2v) is 7.53. The molecule has 0 radical (unpaired) electrons. The molecule has 1 aliphatic heterocycles. The number of nitrogens with one attached hydrogen (secondary N) is 1. The van der Waals surface area contributed by atoms with Gasteiger partial charge in [-0.1, -0.05) is 13.8 Å². The van der Waals surface area contributed by atoms with Crippen LogP contribution in [0.2, 0.25) is 0 Å². The predicted octanol–water partition coefficient (Wildman–Crippen LogP) is 2.38. The molecular formula is C16H27NO6. The van der Waals surface area contributed by atoms with Crippen LogP contribution in [0.5, 0.6) is 0 Å². The molecule has 1 atom stereocenters. The van der Waals surface area contributed by atoms with E-state index >= 15 is 0 Å². The van der Waals surface area contributed by atoms with Gasteiger partial charge in [-0.3, -0.25) is 9.59 Å². The van der Waals surface area contributed by atoms with Crippen LogP contribution in [-0.4, -0.2) is 35.5 Å². The quantitative estimate of drug-likeness (QED) is 0.629. The summed E-state index contributed by atoms with van der Waals surface area (Å²) in [6.45, 7) is 12.0. The molecule has 1 unspecified atom stereocenters. The lowest BCUT2D eigenvalue weighted by Gasteiger charge is -2.34. The van der Waals surface area contributed by atoms with Crippen molar-refractivity contribution >= 4 is 18.0 Å². The van der Waals surface area contributed by atoms with E-state index < -0.39 is 41.4 Å². The monoisotopic (exact) mass is 329 g/mol. The van der Waals surface area contributed by atoms with E-state index in [1.165, 1.54) is 13.8 Å². The lowest BCUT2D eigenvalue weighted by molar-refractivity contribution is -0.240. The zero-order valence-electron chi connectivity index (χ0n) is 14.9. The number of hydrogen-bond acceptors (Lipinski definition) is 6. The van der Waals surface area contributed by atoms with Gasteiger partial charge in [-0.2, -0.15) is 0 Å². The third-order valence-corrected chi connectivity index (χ3v) is 3.26. The Kier molecular flexibility index (Phi) is 5.66. The fraction of sp³-hybridized carbons (Fsp3) is 0.812. The largest absolute Gasteiger partial charge is 0.444 e. The number of ether oxygens (including phenoxy) is 3. The molecule has 1 aliphatic rings. The molecule has 1 amide bonds. The highest BCUT2D eigenvalue weighted by Crippen LogP contribution is 2.27. The van der Waals surface area contributed by atoms with Crippen molar-refractivity contribution in [2.45, 2.75) is 72.3 Å². The molecule has 7 nitrogen and oxygen atoms in total. The fourth-order valence-electron chi connectivity index (χ4n) is 2.15. The second kappa shape index (κ2) is 6.76. The lowest BCUT2D eigenvalue weighted by atomic mass is 9.92. The Morgan fingerprint density at radius 1 is 1.22 bits per heavy atom. The van der Waals surface area contributed by atoms with Crippen LogP contribution < -0.4 is 5.32 Å². The molecule has 23 heavy (non-hydrogen) atoms. The first-order valence-electron chi connectivity index (χ1n) is 7.76. The van der Waals surface area contributed by atoms with Crippen LogP contribution in [0.3, 0.4) is 0 Å². The van der Waals surface area contributed by atoms with Crippen molar-refractivity contribution in [3.05, 3.63) is 0 Å². The van der Waals surface area contributed by atoms with Crippen LogP contribution in [0.25, 0.3) is 0 Å². The van der Waals surface area contributed by atoms with Gasteiger partial charge in [-0.05, 0) is 33.1 Å². The Hall–Kier alpha value is -1.79. The van der Waals surface area contributed by atoms with Gasteiger partial charge in [0, 0.05) is 19.9 Å². The van der Waals surface area contributed by atoms with E-state index in [0.717, 1.165) is 0 Å². The molecule has 0 spiro atoms. The van der Waals surface area contributed by atoms with E-state index in [-0.39, 0.29) is 12.3 Å². The van der Waals surface area contributed by atoms with E-state index in [0.29, 0.717) is 0 Å². The van der Waals surface area contributed by atoms with E-state index in [1.54, 1.807) is 20.8 Å². The van der Waals surface area contributed by atoms with E-state index in [4.69, 9.17) is 14.2 Å². The van der Waals surface area contributed by atoms with Crippen molar-refractivity contribution in [2.75, 3.05) is 0 Å². The molecule has 0 aromatic carbocycles. The van der Waals surface area contributed by atoms with Crippen LogP contribution in [0, 0.1) is 11.8 Å². The van der Waals surface area contributed by atoms with Gasteiger partial charge in [-0.15, -0.1) is 0 Å². The number of rotatable bonds is 4. The maximum atomic E-state index is 12.0. The smallest absolute Gasteiger partial charge is 0.407 e. The first-order chi connectivity index (χ1) is 10.3. The Balaban J connectivity index is 2.75. The minimum absolute atomic E-state index is 0.00180. The summed E-state index contributed by atoms with van der Waals surface area (Å²) in [5.74, 6) is -3.58. The summed E-state index contributed by atoms with van der Waals surface area (Å²) in [5, 5.41) is 2.71. The number of hydrogen-bond donors (Lipinski definition) is 1. The van der Waals surface area contributed by atoms with Crippen LogP contribution in [0.4, 0.5) is 4.79 Å². The highest BCUT2D eigenvalue weighted by molar-refractivity contribution is 5.96. The van der Waals surface area contributed by atoms with Gasteiger partial charge in [0.1, 0.15) is 5.60 Å². The Bertz CT molecular complexity index is 457. The van der Waals surface area contributed by atoms with Crippen molar-refractivity contribution in [1.29, 1.82) is 0 Å². The SMILES string of the molecule is CC(C)C(CC1C(=O)OC(C)(C)OC1=O)NC(=O)OC(C)(C)C. The van der Waals surface area contributed by atoms with Crippen LogP contribution in [-0.2, 0) is 23.8 Å². The van der Waals surface area contributed by atoms with Crippen molar-refractivity contribution < 1.29 is 28.6 Å². The topological polar surface area (TPSA) is 90.9 Å². The van der Waals surface area contributed by atoms with E-state index in [9.17, 15) is 14.4 Å². The van der Waals surface area contributed by atoms with Crippen molar-refractivity contribution in [3.63, 3.8) is 0 Å². The standard InChI is InChI=1S/C16H27NO6/c1-9(2)11(17-14(20)23-15(3,4)5)8-10-12(18)21-16(6,7)22-13(10)19/h9-11H,8H2,1-7H3,(H,17,20). The Labute approximate surface area is 137 Å². The maximum Gasteiger partial charge on any atom is 0.407 e. The molecule has 0 aromatic rings. The first kappa shape index (κ1) is 19.3. The molecule has 0 saturated carbocycles. The highest BCUT2D eigenvalue weighted by atomic mass is 16.7. The van der Waals surface area contributed by atoms with Gasteiger partial charge in [0.05, 0.1) is 0 Å². The van der Waals surface area contributed by atoms with Gasteiger partial charge in [0.15, 0.2) is 5.92 Å². The van der Waals surface area contributed by atoms with Gasteiger partial charge in [0.2, 0.25) is 0 Å². The average Bonchev–Trinajstić information content (AvgIpc) is 2.28. The molecule has 1 fully saturated rings. The van der Waals surface area contributed by atoms with Crippen LogP contribution >= 0.6 is 0 Å². The number of carbonyl (C=O) groups is 3. The maximum absolute atomic E-state index is 12.0. The first-order valence-corrected chi connectivity index (χ1v) is 7.76. The predicted molar refractivity (Wildman–Crippen MR) is 82.4 cm³/mol. The van der Waals surface area contributed by atoms with E-state index in [2.05, 4.69) is 5.32 Å². The minimum atomic E-state index is -1.25. The Morgan fingerprint density at radius 3 is 2.09 bits per heavy atom. The second-order valence-electron chi connectivity index (χ2n) is 7.53. The summed E-state index contributed by atoms with van der Waals surface area (Å²) in [6, 6.07) is -0.420. The zero-order chi connectivity index (χ0) is 18.0. The zero-order valence-corrected chi connectivity index (χ0v) is 14.9. The van der Waals surface area contributed by atoms with Crippen molar-refractivity contribution in [1.82, 2.24) is 5.32 Å². The summed E-state index contributed by atoms with van der Waals surface area (Å²) in [4.78, 5) is 36.0. The number of alkyl carbamates (subject to hydrolysis) is 1. The van der Waals surface area contributed by atoms with Crippen LogP contribution in [0.1, 0.15) is 54.9 Å². The molecule has 1 N–H and O–H groups in total. The molecule has 0 aromatic heterocycles. The molecule has 0 bridgehead atoms. The van der Waals surface area contributed by atoms with E-state index in [1.807, 2.05) is 13.8 Å². The molecule has 1 rings (SSSR count). The summed E-state index contributed by atoms with van der Waals surface area (Å²) in [6.07, 6.45) is -0.487. The molecule has 7 heteroatoms. The molecule has 1 saturated heterocycles. The van der Waals surface area contributed by atoms with Gasteiger partial charge in [-0.25, -0.2) is 4.79 Å². The fourth-order valence-corrected chi connectivity index (χ4v) is 2.15. The number of carbonyl (C=O) groups excluding carboxylic acids is 3. The Morgan fingerprint density at radius 2 is 1.70 bits per heavy atom. The highest BCUT2D eigenvalue weighted by Gasteiger charge is 2.44. The van der Waals surface area contributed by atoms with Crippen LogP contribution in [0.15, 0.2) is 0 Å². The normalized spacial score (nSPS) is 19.8. The van der Waals surface area contributed by atoms with Crippen molar-refractivity contribution in [2.24, 2.45) is 11.8 Å². The molecule has 132 valence electrons. The van der Waals surface area contributed by atoms with Crippen molar-refractivity contribution in [3.8, 4) is 0 Å². The van der Waals surface area contributed by atoms with Gasteiger partial charge < -0.3 is 19.5 Å². The summed E-state index contributed by atoms with van der Waals surface area (Å²) in [7, 11) is 0. The third kappa shape index (κ3) is 6.08. The van der Waals surface area contributed by atoms with Gasteiger partial charge >= 0.3 is 18.0 Å². The third-order valence-electron chi connectivity index (χ3n) is 3.26.